The second-order valence-electron chi connectivity index (χ2n) is 8.79. The van der Waals surface area contributed by atoms with Gasteiger partial charge in [-0.2, -0.15) is 0 Å². The van der Waals surface area contributed by atoms with Gasteiger partial charge < -0.3 is 15.5 Å². The first-order chi connectivity index (χ1) is 14.2. The standard InChI is InChI=1S/C24H41N5.HI/c1-3-25-23(26-16-10-13-22-11-6-4-7-12-22)27-21-24(14-19-28(2)20-15-24)29-17-8-5-9-18-29;/h4,6-7,11-12H,3,5,8-10,13-21H2,1-2H3,(H2,25,26,27);1H. The van der Waals surface area contributed by atoms with Gasteiger partial charge in [0.05, 0.1) is 6.54 Å². The van der Waals surface area contributed by atoms with Crippen molar-refractivity contribution in [1.29, 1.82) is 0 Å². The van der Waals surface area contributed by atoms with Crippen LogP contribution in [-0.4, -0.2) is 74.2 Å². The summed E-state index contributed by atoms with van der Waals surface area (Å²) in [7, 11) is 2.25. The summed E-state index contributed by atoms with van der Waals surface area (Å²) < 4.78 is 0. The topological polar surface area (TPSA) is 42.9 Å². The van der Waals surface area contributed by atoms with Gasteiger partial charge in [-0.3, -0.25) is 9.89 Å². The van der Waals surface area contributed by atoms with E-state index < -0.39 is 0 Å². The highest BCUT2D eigenvalue weighted by molar-refractivity contribution is 14.0. The molecule has 0 saturated carbocycles. The molecular weight excluding hydrogens is 485 g/mol. The van der Waals surface area contributed by atoms with Crippen LogP contribution in [0.1, 0.15) is 51.0 Å². The number of rotatable bonds is 8. The van der Waals surface area contributed by atoms with E-state index in [2.05, 4.69) is 64.7 Å². The molecule has 1 aromatic rings. The minimum atomic E-state index is 0. The molecule has 0 unspecified atom stereocenters. The molecule has 5 nitrogen and oxygen atoms in total. The van der Waals surface area contributed by atoms with E-state index in [1.807, 2.05) is 0 Å². The molecule has 30 heavy (non-hydrogen) atoms. The third kappa shape index (κ3) is 7.68. The van der Waals surface area contributed by atoms with Crippen molar-refractivity contribution >= 4 is 29.9 Å². The number of nitrogens with one attached hydrogen (secondary N) is 2. The van der Waals surface area contributed by atoms with E-state index in [9.17, 15) is 0 Å². The molecule has 2 aliphatic heterocycles. The Bertz CT molecular complexity index is 607. The van der Waals surface area contributed by atoms with Gasteiger partial charge in [0, 0.05) is 18.6 Å². The fourth-order valence-electron chi connectivity index (χ4n) is 4.69. The lowest BCUT2D eigenvalue weighted by Gasteiger charge is -2.49. The Morgan fingerprint density at radius 3 is 2.37 bits per heavy atom. The first-order valence-electron chi connectivity index (χ1n) is 11.7. The fourth-order valence-corrected chi connectivity index (χ4v) is 4.69. The summed E-state index contributed by atoms with van der Waals surface area (Å²) in [4.78, 5) is 10.3. The smallest absolute Gasteiger partial charge is 0.191 e. The lowest BCUT2D eigenvalue weighted by Crippen LogP contribution is -2.58. The monoisotopic (exact) mass is 527 g/mol. The van der Waals surface area contributed by atoms with Crippen molar-refractivity contribution in [2.45, 2.75) is 57.4 Å². The molecule has 0 amide bonds. The third-order valence-corrected chi connectivity index (χ3v) is 6.60. The van der Waals surface area contributed by atoms with E-state index in [0.717, 1.165) is 38.4 Å². The van der Waals surface area contributed by atoms with E-state index in [4.69, 9.17) is 4.99 Å². The molecule has 170 valence electrons. The Hall–Kier alpha value is -0.860. The van der Waals surface area contributed by atoms with Gasteiger partial charge >= 0.3 is 0 Å². The number of hydrogen-bond donors (Lipinski definition) is 2. The summed E-state index contributed by atoms with van der Waals surface area (Å²) in [5, 5.41) is 7.03. The van der Waals surface area contributed by atoms with Crippen molar-refractivity contribution in [3.8, 4) is 0 Å². The molecule has 3 rings (SSSR count). The molecule has 2 fully saturated rings. The molecule has 2 N–H and O–H groups in total. The van der Waals surface area contributed by atoms with Crippen LogP contribution in [0.3, 0.4) is 0 Å². The lowest BCUT2D eigenvalue weighted by atomic mass is 9.84. The van der Waals surface area contributed by atoms with Crippen LogP contribution in [0, 0.1) is 0 Å². The minimum Gasteiger partial charge on any atom is -0.357 e. The van der Waals surface area contributed by atoms with Crippen LogP contribution in [0.4, 0.5) is 0 Å². The van der Waals surface area contributed by atoms with E-state index in [1.54, 1.807) is 0 Å². The predicted molar refractivity (Wildman–Crippen MR) is 139 cm³/mol. The molecule has 2 saturated heterocycles. The highest BCUT2D eigenvalue weighted by Gasteiger charge is 2.39. The van der Waals surface area contributed by atoms with Gasteiger partial charge in [-0.15, -0.1) is 24.0 Å². The molecule has 0 radical (unpaired) electrons. The van der Waals surface area contributed by atoms with Gasteiger partial charge in [0.25, 0.3) is 0 Å². The molecule has 6 heteroatoms. The van der Waals surface area contributed by atoms with E-state index in [-0.39, 0.29) is 29.5 Å². The molecule has 0 bridgehead atoms. The van der Waals surface area contributed by atoms with Crippen molar-refractivity contribution in [3.05, 3.63) is 35.9 Å². The van der Waals surface area contributed by atoms with Gasteiger partial charge in [0.15, 0.2) is 5.96 Å². The maximum absolute atomic E-state index is 5.09. The molecule has 2 heterocycles. The van der Waals surface area contributed by atoms with E-state index >= 15 is 0 Å². The molecular formula is C24H42IN5. The number of hydrogen-bond acceptors (Lipinski definition) is 3. The van der Waals surface area contributed by atoms with Crippen LogP contribution >= 0.6 is 24.0 Å². The SMILES string of the molecule is CCNC(=NCC1(N2CCCCC2)CCN(C)CC1)NCCCc1ccccc1.I. The summed E-state index contributed by atoms with van der Waals surface area (Å²) in [6, 6.07) is 10.7. The highest BCUT2D eigenvalue weighted by atomic mass is 127. The minimum absolute atomic E-state index is 0. The number of aliphatic imine (C=N–C) groups is 1. The number of halogens is 1. The van der Waals surface area contributed by atoms with Crippen LogP contribution in [0.2, 0.25) is 0 Å². The van der Waals surface area contributed by atoms with Crippen molar-refractivity contribution in [2.75, 3.05) is 52.9 Å². The zero-order valence-corrected chi connectivity index (χ0v) is 21.4. The van der Waals surface area contributed by atoms with Gasteiger partial charge in [-0.1, -0.05) is 36.8 Å². The molecule has 2 aliphatic rings. The number of guanidine groups is 1. The van der Waals surface area contributed by atoms with E-state index in [1.165, 1.54) is 63.8 Å². The Morgan fingerprint density at radius 2 is 1.70 bits per heavy atom. The highest BCUT2D eigenvalue weighted by Crippen LogP contribution is 2.31. The zero-order chi connectivity index (χ0) is 20.4. The van der Waals surface area contributed by atoms with Gasteiger partial charge in [0.2, 0.25) is 0 Å². The van der Waals surface area contributed by atoms with Crippen LogP contribution in [0.15, 0.2) is 35.3 Å². The Morgan fingerprint density at radius 1 is 1.00 bits per heavy atom. The van der Waals surface area contributed by atoms with Gasteiger partial charge in [0.1, 0.15) is 0 Å². The predicted octanol–water partition coefficient (Wildman–Crippen LogP) is 3.74. The summed E-state index contributed by atoms with van der Waals surface area (Å²) in [5.74, 6) is 0.982. The first-order valence-corrected chi connectivity index (χ1v) is 11.7. The normalized spacial score (nSPS) is 20.4. The second-order valence-corrected chi connectivity index (χ2v) is 8.79. The first kappa shape index (κ1) is 25.4. The van der Waals surface area contributed by atoms with E-state index in [0.29, 0.717) is 0 Å². The Balaban J connectivity index is 0.00000320. The Labute approximate surface area is 201 Å². The quantitative estimate of drug-likeness (QED) is 0.234. The third-order valence-electron chi connectivity index (χ3n) is 6.60. The maximum atomic E-state index is 5.09. The van der Waals surface area contributed by atoms with Crippen molar-refractivity contribution in [1.82, 2.24) is 20.4 Å². The molecule has 0 atom stereocenters. The maximum Gasteiger partial charge on any atom is 0.191 e. The molecule has 0 spiro atoms. The number of likely N-dealkylation sites (tertiary alicyclic amines) is 2. The lowest BCUT2D eigenvalue weighted by molar-refractivity contribution is 0.0208. The molecule has 0 aliphatic carbocycles. The van der Waals surface area contributed by atoms with Crippen molar-refractivity contribution in [2.24, 2.45) is 4.99 Å². The van der Waals surface area contributed by atoms with Crippen molar-refractivity contribution in [3.63, 3.8) is 0 Å². The number of aryl methyl sites for hydroxylation is 1. The van der Waals surface area contributed by atoms with Gasteiger partial charge in [-0.05, 0) is 84.2 Å². The molecule has 1 aromatic carbocycles. The number of benzene rings is 1. The Kier molecular flexibility index (Phi) is 11.5. The van der Waals surface area contributed by atoms with Crippen LogP contribution in [0.25, 0.3) is 0 Å². The second kappa shape index (κ2) is 13.5. The van der Waals surface area contributed by atoms with Crippen LogP contribution in [0.5, 0.6) is 0 Å². The molecule has 0 aromatic heterocycles. The largest absolute Gasteiger partial charge is 0.357 e. The summed E-state index contributed by atoms with van der Waals surface area (Å²) in [6.45, 7) is 9.80. The zero-order valence-electron chi connectivity index (χ0n) is 19.0. The number of piperidine rings is 2. The van der Waals surface area contributed by atoms with Crippen molar-refractivity contribution < 1.29 is 0 Å². The number of nitrogens with zero attached hydrogens (tertiary/aromatic N) is 3. The van der Waals surface area contributed by atoms with Crippen LogP contribution in [-0.2, 0) is 6.42 Å². The summed E-state index contributed by atoms with van der Waals surface area (Å²) in [5.41, 5.74) is 1.66. The average molecular weight is 528 g/mol. The van der Waals surface area contributed by atoms with Crippen LogP contribution < -0.4 is 10.6 Å². The average Bonchev–Trinajstić information content (AvgIpc) is 2.77. The van der Waals surface area contributed by atoms with Gasteiger partial charge in [-0.25, -0.2) is 0 Å². The summed E-state index contributed by atoms with van der Waals surface area (Å²) >= 11 is 0. The fraction of sp³-hybridized carbons (Fsp3) is 0.708. The summed E-state index contributed by atoms with van der Waals surface area (Å²) in [6.07, 6.45) is 8.79.